The summed E-state index contributed by atoms with van der Waals surface area (Å²) in [5, 5.41) is 12.8. The molecular weight excluding hydrogens is 452 g/mol. The fraction of sp³-hybridized carbons (Fsp3) is 0.480. The Hall–Kier alpha value is -2.68. The van der Waals surface area contributed by atoms with Crippen molar-refractivity contribution in [3.63, 3.8) is 0 Å². The van der Waals surface area contributed by atoms with Crippen LogP contribution in [0.3, 0.4) is 0 Å². The molecular formula is C25H33ClN6O2. The first-order chi connectivity index (χ1) is 16.2. The van der Waals surface area contributed by atoms with E-state index in [0.29, 0.717) is 12.7 Å². The van der Waals surface area contributed by atoms with Gasteiger partial charge in [-0.1, -0.05) is 50.2 Å². The van der Waals surface area contributed by atoms with Gasteiger partial charge in [0.2, 0.25) is 6.79 Å². The van der Waals surface area contributed by atoms with E-state index in [4.69, 9.17) is 9.47 Å². The summed E-state index contributed by atoms with van der Waals surface area (Å²) < 4.78 is 13.0. The molecule has 182 valence electrons. The molecule has 2 aromatic carbocycles. The molecule has 5 rings (SSSR count). The maximum Gasteiger partial charge on any atom is 0.231 e. The zero-order valence-electron chi connectivity index (χ0n) is 19.8. The quantitative estimate of drug-likeness (QED) is 0.484. The van der Waals surface area contributed by atoms with Gasteiger partial charge in [-0.05, 0) is 46.0 Å². The molecule has 0 N–H and O–H groups in total. The molecule has 0 saturated carbocycles. The lowest BCUT2D eigenvalue weighted by Crippen LogP contribution is -2.48. The first-order valence-corrected chi connectivity index (χ1v) is 11.8. The van der Waals surface area contributed by atoms with Gasteiger partial charge in [-0.25, -0.2) is 4.68 Å². The predicted molar refractivity (Wildman–Crippen MR) is 132 cm³/mol. The van der Waals surface area contributed by atoms with Gasteiger partial charge < -0.3 is 9.47 Å². The van der Waals surface area contributed by atoms with Crippen molar-refractivity contribution in [1.29, 1.82) is 0 Å². The smallest absolute Gasteiger partial charge is 0.231 e. The minimum atomic E-state index is 0. The molecule has 0 amide bonds. The van der Waals surface area contributed by atoms with Gasteiger partial charge in [0, 0.05) is 39.3 Å². The van der Waals surface area contributed by atoms with Gasteiger partial charge in [0.15, 0.2) is 17.3 Å². The molecule has 2 aliphatic rings. The summed E-state index contributed by atoms with van der Waals surface area (Å²) in [5.41, 5.74) is 2.56. The Morgan fingerprint density at radius 2 is 1.68 bits per heavy atom. The van der Waals surface area contributed by atoms with Crippen molar-refractivity contribution in [2.75, 3.05) is 33.0 Å². The van der Waals surface area contributed by atoms with Crippen molar-refractivity contribution < 1.29 is 9.47 Å². The molecule has 0 aliphatic carbocycles. The van der Waals surface area contributed by atoms with Crippen LogP contribution in [0.25, 0.3) is 0 Å². The van der Waals surface area contributed by atoms with E-state index in [9.17, 15) is 0 Å². The van der Waals surface area contributed by atoms with Crippen LogP contribution >= 0.6 is 12.4 Å². The van der Waals surface area contributed by atoms with Crippen molar-refractivity contribution in [1.82, 2.24) is 30.0 Å². The second-order valence-corrected chi connectivity index (χ2v) is 9.18. The molecule has 2 aliphatic heterocycles. The Bertz CT molecular complexity index is 1050. The number of hydrogen-bond donors (Lipinski definition) is 0. The molecule has 0 radical (unpaired) electrons. The summed E-state index contributed by atoms with van der Waals surface area (Å²) in [6.07, 6.45) is 0.924. The summed E-state index contributed by atoms with van der Waals surface area (Å²) >= 11 is 0. The molecule has 1 unspecified atom stereocenters. The van der Waals surface area contributed by atoms with Crippen LogP contribution in [0.4, 0.5) is 0 Å². The van der Waals surface area contributed by atoms with Gasteiger partial charge in [0.1, 0.15) is 0 Å². The van der Waals surface area contributed by atoms with Gasteiger partial charge in [-0.15, -0.1) is 17.5 Å². The summed E-state index contributed by atoms with van der Waals surface area (Å²) in [4.78, 5) is 5.05. The van der Waals surface area contributed by atoms with E-state index in [1.54, 1.807) is 0 Å². The lowest BCUT2D eigenvalue weighted by Gasteiger charge is -2.40. The van der Waals surface area contributed by atoms with E-state index in [2.05, 4.69) is 75.6 Å². The normalized spacial score (nSPS) is 17.0. The zero-order chi connectivity index (χ0) is 22.6. The van der Waals surface area contributed by atoms with Crippen LogP contribution < -0.4 is 9.47 Å². The number of ether oxygens (including phenoxy) is 2. The molecule has 1 saturated heterocycles. The van der Waals surface area contributed by atoms with Gasteiger partial charge >= 0.3 is 0 Å². The molecule has 3 heterocycles. The Balaban J connectivity index is 0.00000274. The van der Waals surface area contributed by atoms with E-state index in [1.165, 1.54) is 11.1 Å². The second-order valence-electron chi connectivity index (χ2n) is 9.18. The highest BCUT2D eigenvalue weighted by Crippen LogP contribution is 2.33. The predicted octanol–water partition coefficient (Wildman–Crippen LogP) is 3.58. The van der Waals surface area contributed by atoms with Crippen LogP contribution in [0.2, 0.25) is 0 Å². The number of tetrazole rings is 1. The number of benzene rings is 2. The topological polar surface area (TPSA) is 68.5 Å². The minimum absolute atomic E-state index is 0. The molecule has 3 aromatic rings. The molecule has 0 bridgehead atoms. The average Bonchev–Trinajstić information content (AvgIpc) is 3.49. The van der Waals surface area contributed by atoms with Gasteiger partial charge in [0.25, 0.3) is 0 Å². The first kappa shape index (κ1) is 24.4. The molecule has 9 heteroatoms. The number of rotatable bonds is 8. The summed E-state index contributed by atoms with van der Waals surface area (Å²) in [5.74, 6) is 3.10. The van der Waals surface area contributed by atoms with Crippen LogP contribution in [0.5, 0.6) is 11.5 Å². The standard InChI is InChI=1S/C25H32N6O2.ClH/c1-19(2)24(25-26-27-28-31(25)11-10-20-6-4-3-5-7-20)30-14-12-29(13-15-30)17-21-8-9-22-23(16-21)33-18-32-22;/h3-9,16,19,24H,10-15,17-18H2,1-2H3;1H. The first-order valence-electron chi connectivity index (χ1n) is 11.8. The third-order valence-corrected chi connectivity index (χ3v) is 6.55. The van der Waals surface area contributed by atoms with Crippen LogP contribution in [0.1, 0.15) is 36.8 Å². The lowest BCUT2D eigenvalue weighted by atomic mass is 10.0. The molecule has 8 nitrogen and oxygen atoms in total. The summed E-state index contributed by atoms with van der Waals surface area (Å²) in [7, 11) is 0. The number of piperazine rings is 1. The van der Waals surface area contributed by atoms with Crippen LogP contribution in [0, 0.1) is 5.92 Å². The maximum atomic E-state index is 5.53. The van der Waals surface area contributed by atoms with Crippen molar-refractivity contribution in [3.05, 3.63) is 65.5 Å². The van der Waals surface area contributed by atoms with Crippen LogP contribution in [-0.4, -0.2) is 63.0 Å². The van der Waals surface area contributed by atoms with Crippen LogP contribution in [-0.2, 0) is 19.5 Å². The number of aryl methyl sites for hydroxylation is 2. The van der Waals surface area contributed by atoms with Crippen molar-refractivity contribution in [2.24, 2.45) is 5.92 Å². The fourth-order valence-corrected chi connectivity index (χ4v) is 4.84. The minimum Gasteiger partial charge on any atom is -0.454 e. The Kier molecular flexibility index (Phi) is 8.03. The van der Waals surface area contributed by atoms with E-state index in [0.717, 1.165) is 63.0 Å². The molecule has 1 aromatic heterocycles. The lowest BCUT2D eigenvalue weighted by molar-refractivity contribution is 0.0661. The largest absolute Gasteiger partial charge is 0.454 e. The number of halogens is 1. The Morgan fingerprint density at radius 1 is 0.912 bits per heavy atom. The third kappa shape index (κ3) is 5.51. The number of hydrogen-bond acceptors (Lipinski definition) is 7. The SMILES string of the molecule is CC(C)C(c1nnnn1CCc1ccccc1)N1CCN(Cc2ccc3c(c2)OCO3)CC1.Cl. The third-order valence-electron chi connectivity index (χ3n) is 6.55. The van der Waals surface area contributed by atoms with E-state index >= 15 is 0 Å². The zero-order valence-corrected chi connectivity index (χ0v) is 20.7. The van der Waals surface area contributed by atoms with Gasteiger partial charge in [-0.2, -0.15) is 0 Å². The van der Waals surface area contributed by atoms with Crippen LogP contribution in [0.15, 0.2) is 48.5 Å². The molecule has 1 atom stereocenters. The number of nitrogens with zero attached hydrogens (tertiary/aromatic N) is 6. The van der Waals surface area contributed by atoms with E-state index < -0.39 is 0 Å². The monoisotopic (exact) mass is 484 g/mol. The van der Waals surface area contributed by atoms with Crippen molar-refractivity contribution in [3.8, 4) is 11.5 Å². The highest BCUT2D eigenvalue weighted by atomic mass is 35.5. The van der Waals surface area contributed by atoms with Gasteiger partial charge in [0.05, 0.1) is 6.04 Å². The van der Waals surface area contributed by atoms with E-state index in [1.807, 2.05) is 16.8 Å². The Morgan fingerprint density at radius 3 is 2.44 bits per heavy atom. The molecule has 34 heavy (non-hydrogen) atoms. The van der Waals surface area contributed by atoms with Crippen molar-refractivity contribution >= 4 is 12.4 Å². The van der Waals surface area contributed by atoms with Gasteiger partial charge in [-0.3, -0.25) is 9.80 Å². The Labute approximate surface area is 207 Å². The summed E-state index contributed by atoms with van der Waals surface area (Å²) in [6.45, 7) is 10.6. The second kappa shape index (κ2) is 11.2. The highest BCUT2D eigenvalue weighted by Gasteiger charge is 2.31. The number of aromatic nitrogens is 4. The average molecular weight is 485 g/mol. The highest BCUT2D eigenvalue weighted by molar-refractivity contribution is 5.85. The molecule has 1 fully saturated rings. The van der Waals surface area contributed by atoms with Crippen molar-refractivity contribution in [2.45, 2.75) is 39.4 Å². The maximum absolute atomic E-state index is 5.53. The fourth-order valence-electron chi connectivity index (χ4n) is 4.84. The number of fused-ring (bicyclic) bond motifs is 1. The molecule has 0 spiro atoms. The van der Waals surface area contributed by atoms with E-state index in [-0.39, 0.29) is 18.4 Å². The summed E-state index contributed by atoms with van der Waals surface area (Å²) in [6, 6.07) is 17.0.